The number of fused-ring (bicyclic) bond motifs is 1. The van der Waals surface area contributed by atoms with Crippen LogP contribution in [0.2, 0.25) is 0 Å². The second-order valence-corrected chi connectivity index (χ2v) is 6.97. The fraction of sp³-hybridized carbons (Fsp3) is 0.227. The third-order valence-electron chi connectivity index (χ3n) is 4.90. The van der Waals surface area contributed by atoms with Gasteiger partial charge in [-0.2, -0.15) is 4.98 Å². The van der Waals surface area contributed by atoms with Crippen LogP contribution in [0.4, 0.5) is 5.69 Å². The van der Waals surface area contributed by atoms with Crippen LogP contribution in [0.15, 0.2) is 51.8 Å². The summed E-state index contributed by atoms with van der Waals surface area (Å²) in [7, 11) is 0. The molecule has 0 radical (unpaired) electrons. The summed E-state index contributed by atoms with van der Waals surface area (Å²) in [6, 6.07) is 12.7. The fourth-order valence-corrected chi connectivity index (χ4v) is 3.41. The lowest BCUT2D eigenvalue weighted by molar-refractivity contribution is -0.114. The number of hydrogen-bond acceptors (Lipinski definition) is 6. The standard InChI is InChI=1S/C22H21N5O3/c1-4-20-24-18-10-6-5-8-16(18)22(29)27(20)12-19-25-21(30-26-19)15-9-7-11-17(13(15)2)23-14(3)28/h5-11H,4,12H2,1-3H3,(H,23,28). The van der Waals surface area contributed by atoms with Crippen molar-refractivity contribution in [2.24, 2.45) is 0 Å². The molecule has 0 aliphatic rings. The van der Waals surface area contributed by atoms with Crippen molar-refractivity contribution in [3.05, 3.63) is 70.0 Å². The first kappa shape index (κ1) is 19.5. The van der Waals surface area contributed by atoms with E-state index in [1.807, 2.05) is 50.2 Å². The molecule has 4 rings (SSSR count). The molecular weight excluding hydrogens is 382 g/mol. The van der Waals surface area contributed by atoms with Crippen LogP contribution in [-0.4, -0.2) is 25.6 Å². The topological polar surface area (TPSA) is 103 Å². The van der Waals surface area contributed by atoms with Crippen molar-refractivity contribution < 1.29 is 9.32 Å². The number of carbonyl (C=O) groups excluding carboxylic acids is 1. The molecule has 4 aromatic rings. The van der Waals surface area contributed by atoms with Gasteiger partial charge in [-0.25, -0.2) is 4.98 Å². The van der Waals surface area contributed by atoms with Gasteiger partial charge in [0.05, 0.1) is 17.4 Å². The van der Waals surface area contributed by atoms with Crippen molar-refractivity contribution >= 4 is 22.5 Å². The van der Waals surface area contributed by atoms with Crippen molar-refractivity contribution in [3.63, 3.8) is 0 Å². The summed E-state index contributed by atoms with van der Waals surface area (Å²) in [6.45, 7) is 5.44. The maximum Gasteiger partial charge on any atom is 0.261 e. The number of aromatic nitrogens is 4. The molecule has 1 amide bonds. The Morgan fingerprint density at radius 3 is 2.70 bits per heavy atom. The molecule has 8 heteroatoms. The molecular formula is C22H21N5O3. The van der Waals surface area contributed by atoms with E-state index in [-0.39, 0.29) is 18.0 Å². The highest BCUT2D eigenvalue weighted by atomic mass is 16.5. The van der Waals surface area contributed by atoms with E-state index in [1.54, 1.807) is 10.6 Å². The lowest BCUT2D eigenvalue weighted by Crippen LogP contribution is -2.26. The van der Waals surface area contributed by atoms with Gasteiger partial charge < -0.3 is 9.84 Å². The van der Waals surface area contributed by atoms with Crippen molar-refractivity contribution in [3.8, 4) is 11.5 Å². The Kier molecular flexibility index (Phi) is 5.14. The molecule has 0 saturated carbocycles. The van der Waals surface area contributed by atoms with Crippen LogP contribution in [0, 0.1) is 6.92 Å². The first-order valence-corrected chi connectivity index (χ1v) is 9.66. The fourth-order valence-electron chi connectivity index (χ4n) is 3.41. The minimum absolute atomic E-state index is 0.132. The predicted molar refractivity (Wildman–Crippen MR) is 113 cm³/mol. The Morgan fingerprint density at radius 1 is 1.13 bits per heavy atom. The Bertz CT molecular complexity index is 1310. The molecule has 0 unspecified atom stereocenters. The third-order valence-corrected chi connectivity index (χ3v) is 4.90. The summed E-state index contributed by atoms with van der Waals surface area (Å²) in [5.74, 6) is 1.21. The lowest BCUT2D eigenvalue weighted by atomic mass is 10.1. The number of amides is 1. The number of benzene rings is 2. The third kappa shape index (κ3) is 3.59. The summed E-state index contributed by atoms with van der Waals surface area (Å²) < 4.78 is 7.04. The van der Waals surface area contributed by atoms with E-state index in [9.17, 15) is 9.59 Å². The van der Waals surface area contributed by atoms with E-state index < -0.39 is 0 Å². The van der Waals surface area contributed by atoms with Crippen molar-refractivity contribution in [2.45, 2.75) is 33.7 Å². The summed E-state index contributed by atoms with van der Waals surface area (Å²) >= 11 is 0. The molecule has 2 aromatic carbocycles. The van der Waals surface area contributed by atoms with Crippen LogP contribution < -0.4 is 10.9 Å². The van der Waals surface area contributed by atoms with Gasteiger partial charge in [0.15, 0.2) is 5.82 Å². The van der Waals surface area contributed by atoms with E-state index in [4.69, 9.17) is 4.52 Å². The largest absolute Gasteiger partial charge is 0.334 e. The highest BCUT2D eigenvalue weighted by Gasteiger charge is 2.16. The maximum atomic E-state index is 13.0. The number of nitrogens with zero attached hydrogens (tertiary/aromatic N) is 4. The summed E-state index contributed by atoms with van der Waals surface area (Å²) in [5, 5.41) is 7.40. The minimum atomic E-state index is -0.156. The highest BCUT2D eigenvalue weighted by molar-refractivity contribution is 5.90. The van der Waals surface area contributed by atoms with Crippen molar-refractivity contribution in [1.82, 2.24) is 19.7 Å². The molecule has 8 nitrogen and oxygen atoms in total. The van der Waals surface area contributed by atoms with Gasteiger partial charge in [-0.05, 0) is 36.8 Å². The predicted octanol–water partition coefficient (Wildman–Crippen LogP) is 3.32. The first-order valence-electron chi connectivity index (χ1n) is 9.66. The monoisotopic (exact) mass is 403 g/mol. The average Bonchev–Trinajstić information content (AvgIpc) is 3.19. The van der Waals surface area contributed by atoms with E-state index in [0.717, 1.165) is 11.1 Å². The molecule has 0 saturated heterocycles. The molecule has 2 heterocycles. The highest BCUT2D eigenvalue weighted by Crippen LogP contribution is 2.27. The van der Waals surface area contributed by atoms with Gasteiger partial charge in [0.2, 0.25) is 5.91 Å². The number of nitrogens with one attached hydrogen (secondary N) is 1. The number of carbonyl (C=O) groups is 1. The number of anilines is 1. The zero-order chi connectivity index (χ0) is 21.3. The number of para-hydroxylation sites is 1. The number of rotatable bonds is 5. The van der Waals surface area contributed by atoms with Crippen LogP contribution in [0.5, 0.6) is 0 Å². The van der Waals surface area contributed by atoms with Gasteiger partial charge in [0, 0.05) is 24.6 Å². The SMILES string of the molecule is CCc1nc2ccccc2c(=O)n1Cc1noc(-c2cccc(NC(C)=O)c2C)n1. The van der Waals surface area contributed by atoms with Crippen LogP contribution in [0.25, 0.3) is 22.4 Å². The van der Waals surface area contributed by atoms with Gasteiger partial charge in [0.25, 0.3) is 11.4 Å². The van der Waals surface area contributed by atoms with Crippen LogP contribution in [-0.2, 0) is 17.8 Å². The molecule has 152 valence electrons. The van der Waals surface area contributed by atoms with Crippen LogP contribution in [0.3, 0.4) is 0 Å². The molecule has 0 fully saturated rings. The normalized spacial score (nSPS) is 11.0. The maximum absolute atomic E-state index is 13.0. The summed E-state index contributed by atoms with van der Waals surface area (Å²) in [4.78, 5) is 33.5. The zero-order valence-corrected chi connectivity index (χ0v) is 17.0. The smallest absolute Gasteiger partial charge is 0.261 e. The first-order chi connectivity index (χ1) is 14.5. The molecule has 2 aromatic heterocycles. The molecule has 0 aliphatic carbocycles. The Balaban J connectivity index is 1.71. The second-order valence-electron chi connectivity index (χ2n) is 6.97. The van der Waals surface area contributed by atoms with Gasteiger partial charge >= 0.3 is 0 Å². The van der Waals surface area contributed by atoms with Gasteiger partial charge in [0.1, 0.15) is 5.82 Å². The quantitative estimate of drug-likeness (QED) is 0.548. The zero-order valence-electron chi connectivity index (χ0n) is 17.0. The van der Waals surface area contributed by atoms with Crippen molar-refractivity contribution in [2.75, 3.05) is 5.32 Å². The Morgan fingerprint density at radius 2 is 1.93 bits per heavy atom. The van der Waals surface area contributed by atoms with E-state index in [2.05, 4.69) is 20.4 Å². The molecule has 0 spiro atoms. The van der Waals surface area contributed by atoms with E-state index in [1.165, 1.54) is 6.92 Å². The van der Waals surface area contributed by atoms with Crippen LogP contribution >= 0.6 is 0 Å². The van der Waals surface area contributed by atoms with Crippen LogP contribution in [0.1, 0.15) is 31.1 Å². The Labute approximate surface area is 172 Å². The second kappa shape index (κ2) is 7.90. The number of hydrogen-bond donors (Lipinski definition) is 1. The van der Waals surface area contributed by atoms with E-state index >= 15 is 0 Å². The molecule has 30 heavy (non-hydrogen) atoms. The van der Waals surface area contributed by atoms with Gasteiger partial charge in [-0.1, -0.05) is 30.3 Å². The molecule has 0 atom stereocenters. The lowest BCUT2D eigenvalue weighted by Gasteiger charge is -2.10. The van der Waals surface area contributed by atoms with E-state index in [0.29, 0.717) is 40.6 Å². The molecule has 1 N–H and O–H groups in total. The number of aryl methyl sites for hydroxylation is 1. The minimum Gasteiger partial charge on any atom is -0.334 e. The summed E-state index contributed by atoms with van der Waals surface area (Å²) in [5.41, 5.74) is 2.77. The Hall–Kier alpha value is -3.81. The molecule has 0 aliphatic heterocycles. The average molecular weight is 403 g/mol. The van der Waals surface area contributed by atoms with Gasteiger partial charge in [-0.3, -0.25) is 14.2 Å². The van der Waals surface area contributed by atoms with Crippen molar-refractivity contribution in [1.29, 1.82) is 0 Å². The summed E-state index contributed by atoms with van der Waals surface area (Å²) in [6.07, 6.45) is 0.600. The van der Waals surface area contributed by atoms with Gasteiger partial charge in [-0.15, -0.1) is 0 Å². The molecule has 0 bridgehead atoms.